The highest BCUT2D eigenvalue weighted by molar-refractivity contribution is 7.99. The van der Waals surface area contributed by atoms with Crippen LogP contribution < -0.4 is 24.4 Å². The maximum absolute atomic E-state index is 12.5. The number of hydrogen-bond acceptors (Lipinski definition) is 6. The molecular weight excluding hydrogens is 352 g/mol. The number of amides is 1. The van der Waals surface area contributed by atoms with Crippen LogP contribution in [-0.2, 0) is 4.79 Å². The SMILES string of the molecule is COc1cc(N(C)C(=O)CC2CSCCN2)cc(OC)c1OC.Cl. The van der Waals surface area contributed by atoms with Gasteiger partial charge in [0.15, 0.2) is 11.5 Å². The molecule has 1 amide bonds. The molecule has 1 fully saturated rings. The monoisotopic (exact) mass is 376 g/mol. The highest BCUT2D eigenvalue weighted by atomic mass is 35.5. The van der Waals surface area contributed by atoms with E-state index in [1.165, 1.54) is 0 Å². The molecule has 0 saturated carbocycles. The summed E-state index contributed by atoms with van der Waals surface area (Å²) in [5.74, 6) is 3.72. The minimum absolute atomic E-state index is 0. The minimum Gasteiger partial charge on any atom is -0.493 e. The van der Waals surface area contributed by atoms with E-state index >= 15 is 0 Å². The lowest BCUT2D eigenvalue weighted by Crippen LogP contribution is -2.41. The van der Waals surface area contributed by atoms with Crippen LogP contribution in [0.4, 0.5) is 5.69 Å². The fraction of sp³-hybridized carbons (Fsp3) is 0.562. The van der Waals surface area contributed by atoms with Gasteiger partial charge in [-0.3, -0.25) is 4.79 Å². The van der Waals surface area contributed by atoms with Crippen molar-refractivity contribution in [3.63, 3.8) is 0 Å². The van der Waals surface area contributed by atoms with Crippen LogP contribution in [0.1, 0.15) is 6.42 Å². The molecule has 0 aromatic heterocycles. The number of halogens is 1. The number of anilines is 1. The van der Waals surface area contributed by atoms with Gasteiger partial charge in [-0.25, -0.2) is 0 Å². The van der Waals surface area contributed by atoms with Gasteiger partial charge in [0, 0.05) is 49.7 Å². The molecular formula is C16H25ClN2O4S. The Kier molecular flexibility index (Phi) is 8.52. The number of nitrogens with one attached hydrogen (secondary N) is 1. The predicted octanol–water partition coefficient (Wildman–Crippen LogP) is 2.19. The van der Waals surface area contributed by atoms with Crippen LogP contribution in [0.15, 0.2) is 12.1 Å². The summed E-state index contributed by atoms with van der Waals surface area (Å²) in [5.41, 5.74) is 0.716. The molecule has 1 aliphatic heterocycles. The van der Waals surface area contributed by atoms with E-state index in [2.05, 4.69) is 5.32 Å². The molecule has 1 aliphatic rings. The summed E-state index contributed by atoms with van der Waals surface area (Å²) in [7, 11) is 6.44. The first-order chi connectivity index (χ1) is 11.1. The summed E-state index contributed by atoms with van der Waals surface area (Å²) in [6.07, 6.45) is 0.472. The zero-order valence-corrected chi connectivity index (χ0v) is 16.1. The van der Waals surface area contributed by atoms with Gasteiger partial charge >= 0.3 is 0 Å². The third-order valence-electron chi connectivity index (χ3n) is 3.83. The summed E-state index contributed by atoms with van der Waals surface area (Å²) in [4.78, 5) is 14.2. The molecule has 1 N–H and O–H groups in total. The second kappa shape index (κ2) is 9.86. The van der Waals surface area contributed by atoms with E-state index in [9.17, 15) is 4.79 Å². The van der Waals surface area contributed by atoms with Crippen molar-refractivity contribution in [3.8, 4) is 17.2 Å². The zero-order chi connectivity index (χ0) is 16.8. The van der Waals surface area contributed by atoms with Crippen LogP contribution >= 0.6 is 24.2 Å². The molecule has 0 radical (unpaired) electrons. The Morgan fingerprint density at radius 1 is 1.25 bits per heavy atom. The molecule has 0 spiro atoms. The van der Waals surface area contributed by atoms with Crippen molar-refractivity contribution in [2.75, 3.05) is 51.3 Å². The van der Waals surface area contributed by atoms with Crippen molar-refractivity contribution in [1.82, 2.24) is 5.32 Å². The number of methoxy groups -OCH3 is 3. The average molecular weight is 377 g/mol. The van der Waals surface area contributed by atoms with Gasteiger partial charge in [-0.2, -0.15) is 11.8 Å². The lowest BCUT2D eigenvalue weighted by molar-refractivity contribution is -0.118. The Morgan fingerprint density at radius 2 is 1.88 bits per heavy atom. The smallest absolute Gasteiger partial charge is 0.228 e. The molecule has 1 aromatic carbocycles. The van der Waals surface area contributed by atoms with E-state index in [4.69, 9.17) is 14.2 Å². The molecule has 1 atom stereocenters. The molecule has 24 heavy (non-hydrogen) atoms. The van der Waals surface area contributed by atoms with E-state index in [0.29, 0.717) is 29.4 Å². The Bertz CT molecular complexity index is 528. The van der Waals surface area contributed by atoms with Crippen molar-refractivity contribution in [2.24, 2.45) is 0 Å². The topological polar surface area (TPSA) is 60.0 Å². The Labute approximate surface area is 153 Å². The molecule has 0 bridgehead atoms. The largest absolute Gasteiger partial charge is 0.493 e. The van der Waals surface area contributed by atoms with Gasteiger partial charge in [0.25, 0.3) is 0 Å². The van der Waals surface area contributed by atoms with E-state index in [0.717, 1.165) is 18.1 Å². The second-order valence-corrected chi connectivity index (χ2v) is 6.42. The maximum Gasteiger partial charge on any atom is 0.228 e. The van der Waals surface area contributed by atoms with Crippen LogP contribution in [-0.4, -0.2) is 58.4 Å². The first-order valence-corrected chi connectivity index (χ1v) is 8.63. The fourth-order valence-corrected chi connectivity index (χ4v) is 3.45. The normalized spacial score (nSPS) is 16.8. The molecule has 8 heteroatoms. The molecule has 136 valence electrons. The van der Waals surface area contributed by atoms with Crippen molar-refractivity contribution in [1.29, 1.82) is 0 Å². The summed E-state index contributed by atoms with van der Waals surface area (Å²) in [5, 5.41) is 3.38. The Hall–Kier alpha value is -1.31. The number of carbonyl (C=O) groups is 1. The van der Waals surface area contributed by atoms with Crippen molar-refractivity contribution >= 4 is 35.8 Å². The van der Waals surface area contributed by atoms with Crippen molar-refractivity contribution in [3.05, 3.63) is 12.1 Å². The first kappa shape index (κ1) is 20.7. The standard InChI is InChI=1S/C16H24N2O4S.ClH/c1-18(15(19)7-11-10-23-6-5-17-11)12-8-13(20-2)16(22-4)14(9-12)21-3;/h8-9,11,17H,5-7,10H2,1-4H3;1H. The summed E-state index contributed by atoms with van der Waals surface area (Å²) in [6, 6.07) is 3.79. The number of nitrogens with zero attached hydrogens (tertiary/aromatic N) is 1. The summed E-state index contributed by atoms with van der Waals surface area (Å²) >= 11 is 1.88. The highest BCUT2D eigenvalue weighted by Gasteiger charge is 2.22. The fourth-order valence-electron chi connectivity index (χ4n) is 2.50. The quantitative estimate of drug-likeness (QED) is 0.821. The van der Waals surface area contributed by atoms with Crippen LogP contribution in [0.5, 0.6) is 17.2 Å². The van der Waals surface area contributed by atoms with Gasteiger partial charge in [-0.05, 0) is 0 Å². The molecule has 1 unspecified atom stereocenters. The molecule has 1 heterocycles. The van der Waals surface area contributed by atoms with Gasteiger partial charge in [-0.15, -0.1) is 12.4 Å². The van der Waals surface area contributed by atoms with Crippen molar-refractivity contribution in [2.45, 2.75) is 12.5 Å². The number of ether oxygens (including phenoxy) is 3. The molecule has 2 rings (SSSR count). The van der Waals surface area contributed by atoms with Crippen LogP contribution in [0, 0.1) is 0 Å². The number of rotatable bonds is 6. The predicted molar refractivity (Wildman–Crippen MR) is 100 cm³/mol. The van der Waals surface area contributed by atoms with Gasteiger partial charge < -0.3 is 24.4 Å². The van der Waals surface area contributed by atoms with E-state index in [-0.39, 0.29) is 24.4 Å². The molecule has 1 saturated heterocycles. The Balaban J connectivity index is 0.00000288. The summed E-state index contributed by atoms with van der Waals surface area (Å²) < 4.78 is 16.0. The zero-order valence-electron chi connectivity index (χ0n) is 14.5. The van der Waals surface area contributed by atoms with E-state index < -0.39 is 0 Å². The molecule has 0 aliphatic carbocycles. The Morgan fingerprint density at radius 3 is 2.33 bits per heavy atom. The van der Waals surface area contributed by atoms with E-state index in [1.807, 2.05) is 11.8 Å². The van der Waals surface area contributed by atoms with Crippen LogP contribution in [0.3, 0.4) is 0 Å². The lowest BCUT2D eigenvalue weighted by atomic mass is 10.2. The van der Waals surface area contributed by atoms with Gasteiger partial charge in [0.1, 0.15) is 0 Å². The highest BCUT2D eigenvalue weighted by Crippen LogP contribution is 2.40. The van der Waals surface area contributed by atoms with Crippen molar-refractivity contribution < 1.29 is 19.0 Å². The number of carbonyl (C=O) groups excluding carboxylic acids is 1. The second-order valence-electron chi connectivity index (χ2n) is 5.27. The number of thioether (sulfide) groups is 1. The van der Waals surface area contributed by atoms with E-state index in [1.54, 1.807) is 45.4 Å². The van der Waals surface area contributed by atoms with Gasteiger partial charge in [0.05, 0.1) is 27.0 Å². The van der Waals surface area contributed by atoms with Gasteiger partial charge in [-0.1, -0.05) is 0 Å². The maximum atomic E-state index is 12.5. The first-order valence-electron chi connectivity index (χ1n) is 7.48. The molecule has 6 nitrogen and oxygen atoms in total. The molecule has 1 aromatic rings. The van der Waals surface area contributed by atoms with Gasteiger partial charge in [0.2, 0.25) is 11.7 Å². The minimum atomic E-state index is 0. The number of hydrogen-bond donors (Lipinski definition) is 1. The van der Waals surface area contributed by atoms with Crippen LogP contribution in [0.25, 0.3) is 0 Å². The summed E-state index contributed by atoms with van der Waals surface area (Å²) in [6.45, 7) is 0.955. The number of benzene rings is 1. The van der Waals surface area contributed by atoms with Crippen LogP contribution in [0.2, 0.25) is 0 Å². The third-order valence-corrected chi connectivity index (χ3v) is 4.96. The third kappa shape index (κ3) is 4.84. The lowest BCUT2D eigenvalue weighted by Gasteiger charge is -2.26. The average Bonchev–Trinajstić information content (AvgIpc) is 2.60.